The maximum absolute atomic E-state index is 12.0. The van der Waals surface area contributed by atoms with Gasteiger partial charge in [0.25, 0.3) is 5.89 Å². The van der Waals surface area contributed by atoms with Gasteiger partial charge in [-0.1, -0.05) is 48.8 Å². The zero-order valence-corrected chi connectivity index (χ0v) is 14.4. The number of ether oxygens (including phenoxy) is 1. The predicted molar refractivity (Wildman–Crippen MR) is 87.9 cm³/mol. The molecule has 0 saturated heterocycles. The topological polar surface area (TPSA) is 97.5 Å². The van der Waals surface area contributed by atoms with Crippen LogP contribution in [0.1, 0.15) is 46.4 Å². The van der Waals surface area contributed by atoms with Gasteiger partial charge in [-0.15, -0.1) is 0 Å². The standard InChI is InChI=1S/C17H23N3O4/c1-5-11-17(22,19-15(21)23-16(2,3)4)14-18-13(20-24-14)12-9-7-6-8-10-12/h6-10,22H,5,11H2,1-4H3,(H,19,21)/t17-/m0/s1. The lowest BCUT2D eigenvalue weighted by molar-refractivity contribution is -0.0449. The molecule has 0 aliphatic carbocycles. The molecule has 1 atom stereocenters. The first-order chi connectivity index (χ1) is 11.2. The number of alkyl carbamates (subject to hydrolysis) is 1. The number of hydrogen-bond donors (Lipinski definition) is 2. The molecular formula is C17H23N3O4. The van der Waals surface area contributed by atoms with Gasteiger partial charge in [-0.05, 0) is 20.8 Å². The molecule has 0 fully saturated rings. The molecule has 0 spiro atoms. The third-order valence-corrected chi connectivity index (χ3v) is 3.13. The van der Waals surface area contributed by atoms with E-state index in [1.807, 2.05) is 37.3 Å². The number of hydrogen-bond acceptors (Lipinski definition) is 6. The Morgan fingerprint density at radius 1 is 1.29 bits per heavy atom. The fourth-order valence-corrected chi connectivity index (χ4v) is 2.15. The highest BCUT2D eigenvalue weighted by molar-refractivity contribution is 5.68. The van der Waals surface area contributed by atoms with Gasteiger partial charge in [-0.3, -0.25) is 5.32 Å². The molecule has 7 heteroatoms. The van der Waals surface area contributed by atoms with E-state index in [1.54, 1.807) is 20.8 Å². The van der Waals surface area contributed by atoms with Gasteiger partial charge in [0, 0.05) is 12.0 Å². The lowest BCUT2D eigenvalue weighted by atomic mass is 10.1. The van der Waals surface area contributed by atoms with E-state index in [-0.39, 0.29) is 12.3 Å². The molecule has 0 aliphatic rings. The van der Waals surface area contributed by atoms with Crippen LogP contribution < -0.4 is 5.32 Å². The molecule has 0 unspecified atom stereocenters. The monoisotopic (exact) mass is 333 g/mol. The van der Waals surface area contributed by atoms with Crippen LogP contribution in [-0.4, -0.2) is 26.9 Å². The highest BCUT2D eigenvalue weighted by atomic mass is 16.6. The SMILES string of the molecule is CCC[C@@](O)(NC(=O)OC(C)(C)C)c1nc(-c2ccccc2)no1. The van der Waals surface area contributed by atoms with Crippen LogP contribution in [0.2, 0.25) is 0 Å². The van der Waals surface area contributed by atoms with Crippen LogP contribution in [0, 0.1) is 0 Å². The summed E-state index contributed by atoms with van der Waals surface area (Å²) < 4.78 is 10.4. The molecule has 0 radical (unpaired) electrons. The summed E-state index contributed by atoms with van der Waals surface area (Å²) in [5.74, 6) is 0.264. The first kappa shape index (κ1) is 17.9. The predicted octanol–water partition coefficient (Wildman–Crippen LogP) is 3.21. The highest BCUT2D eigenvalue weighted by Crippen LogP contribution is 2.25. The van der Waals surface area contributed by atoms with Crippen molar-refractivity contribution in [2.24, 2.45) is 0 Å². The molecule has 1 heterocycles. The third-order valence-electron chi connectivity index (χ3n) is 3.13. The summed E-state index contributed by atoms with van der Waals surface area (Å²) in [5.41, 5.74) is -1.71. The highest BCUT2D eigenvalue weighted by Gasteiger charge is 2.38. The summed E-state index contributed by atoms with van der Waals surface area (Å²) in [4.78, 5) is 16.2. The van der Waals surface area contributed by atoms with Gasteiger partial charge in [0.2, 0.25) is 11.5 Å². The van der Waals surface area contributed by atoms with Gasteiger partial charge in [0.05, 0.1) is 0 Å². The number of carbonyl (C=O) groups is 1. The van der Waals surface area contributed by atoms with E-state index in [1.165, 1.54) is 0 Å². The second-order valence-electron chi connectivity index (χ2n) is 6.53. The van der Waals surface area contributed by atoms with Gasteiger partial charge < -0.3 is 14.4 Å². The Morgan fingerprint density at radius 2 is 1.96 bits per heavy atom. The van der Waals surface area contributed by atoms with Crippen LogP contribution >= 0.6 is 0 Å². The summed E-state index contributed by atoms with van der Waals surface area (Å²) in [6.07, 6.45) is 0.0517. The van der Waals surface area contributed by atoms with Crippen LogP contribution in [0.5, 0.6) is 0 Å². The number of rotatable bonds is 5. The average molecular weight is 333 g/mol. The smallest absolute Gasteiger partial charge is 0.410 e. The molecule has 7 nitrogen and oxygen atoms in total. The molecule has 2 aromatic rings. The van der Waals surface area contributed by atoms with Gasteiger partial charge in [0.15, 0.2) is 0 Å². The normalized spacial score (nSPS) is 14.0. The van der Waals surface area contributed by atoms with Crippen molar-refractivity contribution in [3.63, 3.8) is 0 Å². The van der Waals surface area contributed by atoms with E-state index in [0.29, 0.717) is 12.2 Å². The van der Waals surface area contributed by atoms with Crippen molar-refractivity contribution in [2.75, 3.05) is 0 Å². The number of nitrogens with zero attached hydrogens (tertiary/aromatic N) is 2. The van der Waals surface area contributed by atoms with Crippen LogP contribution in [0.4, 0.5) is 4.79 Å². The number of nitrogens with one attached hydrogen (secondary N) is 1. The molecule has 1 amide bonds. The molecule has 2 N–H and O–H groups in total. The van der Waals surface area contributed by atoms with Crippen LogP contribution in [-0.2, 0) is 10.5 Å². The lowest BCUT2D eigenvalue weighted by Crippen LogP contribution is -2.48. The molecule has 1 aromatic carbocycles. The van der Waals surface area contributed by atoms with Crippen molar-refractivity contribution in [1.29, 1.82) is 0 Å². The van der Waals surface area contributed by atoms with Crippen molar-refractivity contribution in [2.45, 2.75) is 51.9 Å². The van der Waals surface area contributed by atoms with Crippen molar-refractivity contribution in [1.82, 2.24) is 15.5 Å². The minimum Gasteiger partial charge on any atom is -0.444 e. The Morgan fingerprint density at radius 3 is 2.54 bits per heavy atom. The van der Waals surface area contributed by atoms with Crippen LogP contribution in [0.25, 0.3) is 11.4 Å². The van der Waals surface area contributed by atoms with Gasteiger partial charge >= 0.3 is 6.09 Å². The Labute approximate surface area is 141 Å². The first-order valence-corrected chi connectivity index (χ1v) is 7.86. The summed E-state index contributed by atoms with van der Waals surface area (Å²) in [6, 6.07) is 9.23. The molecule has 24 heavy (non-hydrogen) atoms. The summed E-state index contributed by atoms with van der Waals surface area (Å²) in [5, 5.41) is 17.1. The van der Waals surface area contributed by atoms with E-state index in [2.05, 4.69) is 15.5 Å². The Balaban J connectivity index is 2.23. The van der Waals surface area contributed by atoms with Crippen molar-refractivity contribution < 1.29 is 19.2 Å². The molecule has 0 saturated carbocycles. The fraction of sp³-hybridized carbons (Fsp3) is 0.471. The van der Waals surface area contributed by atoms with E-state index in [4.69, 9.17) is 9.26 Å². The van der Waals surface area contributed by atoms with Crippen LogP contribution in [0.3, 0.4) is 0 Å². The summed E-state index contributed by atoms with van der Waals surface area (Å²) in [6.45, 7) is 7.10. The number of aromatic nitrogens is 2. The minimum atomic E-state index is -1.78. The molecule has 130 valence electrons. The maximum atomic E-state index is 12.0. The molecule has 0 bridgehead atoms. The third kappa shape index (κ3) is 4.55. The van der Waals surface area contributed by atoms with Gasteiger partial charge in [0.1, 0.15) is 5.60 Å². The second-order valence-corrected chi connectivity index (χ2v) is 6.53. The number of benzene rings is 1. The average Bonchev–Trinajstić information content (AvgIpc) is 2.96. The van der Waals surface area contributed by atoms with Crippen molar-refractivity contribution in [3.8, 4) is 11.4 Å². The van der Waals surface area contributed by atoms with Crippen molar-refractivity contribution >= 4 is 6.09 Å². The van der Waals surface area contributed by atoms with Gasteiger partial charge in [-0.2, -0.15) is 4.98 Å². The molecule has 1 aromatic heterocycles. The van der Waals surface area contributed by atoms with Gasteiger partial charge in [-0.25, -0.2) is 4.79 Å². The maximum Gasteiger partial charge on any atom is 0.410 e. The minimum absolute atomic E-state index is 0.0749. The summed E-state index contributed by atoms with van der Waals surface area (Å²) in [7, 11) is 0. The summed E-state index contributed by atoms with van der Waals surface area (Å²) >= 11 is 0. The van der Waals surface area contributed by atoms with E-state index >= 15 is 0 Å². The zero-order chi connectivity index (χ0) is 17.8. The quantitative estimate of drug-likeness (QED) is 0.815. The second kappa shape index (κ2) is 7.00. The largest absolute Gasteiger partial charge is 0.444 e. The Bertz CT molecular complexity index is 679. The Kier molecular flexibility index (Phi) is 5.23. The van der Waals surface area contributed by atoms with E-state index in [9.17, 15) is 9.90 Å². The fourth-order valence-electron chi connectivity index (χ4n) is 2.15. The number of carbonyl (C=O) groups excluding carboxylic acids is 1. The van der Waals surface area contributed by atoms with E-state index < -0.39 is 17.4 Å². The zero-order valence-electron chi connectivity index (χ0n) is 14.4. The number of amides is 1. The van der Waals surface area contributed by atoms with Crippen LogP contribution in [0.15, 0.2) is 34.9 Å². The molecular weight excluding hydrogens is 310 g/mol. The lowest BCUT2D eigenvalue weighted by Gasteiger charge is -2.27. The Hall–Kier alpha value is -2.41. The number of aliphatic hydroxyl groups is 1. The molecule has 2 rings (SSSR count). The van der Waals surface area contributed by atoms with E-state index in [0.717, 1.165) is 5.56 Å². The first-order valence-electron chi connectivity index (χ1n) is 7.86. The van der Waals surface area contributed by atoms with Crippen molar-refractivity contribution in [3.05, 3.63) is 36.2 Å². The molecule has 0 aliphatic heterocycles.